The number of rotatable bonds is 5. The smallest absolute Gasteiger partial charge is 0.164 e. The summed E-state index contributed by atoms with van der Waals surface area (Å²) in [6.45, 7) is 0. The van der Waals surface area contributed by atoms with Gasteiger partial charge >= 0.3 is 0 Å². The average molecular weight is 651 g/mol. The number of hydrogen-bond acceptors (Lipinski definition) is 3. The molecule has 0 N–H and O–H groups in total. The van der Waals surface area contributed by atoms with E-state index in [0.717, 1.165) is 44.3 Å². The average Bonchev–Trinajstić information content (AvgIpc) is 3.55. The molecule has 10 aromatic rings. The molecule has 2 aromatic heterocycles. The Kier molecular flexibility index (Phi) is 6.78. The van der Waals surface area contributed by atoms with Crippen LogP contribution in [0.25, 0.3) is 94.3 Å². The molecule has 0 aliphatic rings. The molecule has 0 spiro atoms. The van der Waals surface area contributed by atoms with E-state index in [1.54, 1.807) is 0 Å². The highest BCUT2D eigenvalue weighted by molar-refractivity contribution is 6.09. The molecular weight excluding hydrogens is 621 g/mol. The van der Waals surface area contributed by atoms with Crippen molar-refractivity contribution in [2.24, 2.45) is 0 Å². The second-order valence-corrected chi connectivity index (χ2v) is 12.9. The van der Waals surface area contributed by atoms with Crippen LogP contribution in [0.1, 0.15) is 0 Å². The van der Waals surface area contributed by atoms with Gasteiger partial charge in [-0.1, -0.05) is 146 Å². The first-order valence-corrected chi connectivity index (χ1v) is 17.2. The third-order valence-electron chi connectivity index (χ3n) is 9.81. The molecule has 0 saturated heterocycles. The van der Waals surface area contributed by atoms with Crippen LogP contribution in [0, 0.1) is 0 Å². The van der Waals surface area contributed by atoms with Crippen molar-refractivity contribution in [3.8, 4) is 51.0 Å². The highest BCUT2D eigenvalue weighted by Crippen LogP contribution is 2.34. The zero-order chi connectivity index (χ0) is 33.7. The predicted octanol–water partition coefficient (Wildman–Crippen LogP) is 11.9. The summed E-state index contributed by atoms with van der Waals surface area (Å²) in [5.41, 5.74) is 8.65. The maximum atomic E-state index is 5.05. The summed E-state index contributed by atoms with van der Waals surface area (Å²) in [7, 11) is 0. The van der Waals surface area contributed by atoms with Gasteiger partial charge in [-0.2, -0.15) is 0 Å². The Morgan fingerprint density at radius 2 is 0.745 bits per heavy atom. The van der Waals surface area contributed by atoms with Gasteiger partial charge in [0.2, 0.25) is 0 Å². The van der Waals surface area contributed by atoms with Gasteiger partial charge in [0.25, 0.3) is 0 Å². The molecule has 0 aliphatic carbocycles. The maximum Gasteiger partial charge on any atom is 0.164 e. The van der Waals surface area contributed by atoms with E-state index in [9.17, 15) is 0 Å². The summed E-state index contributed by atoms with van der Waals surface area (Å²) in [5.74, 6) is 1.94. The highest BCUT2D eigenvalue weighted by atomic mass is 15.0. The Morgan fingerprint density at radius 3 is 1.31 bits per heavy atom. The molecule has 0 bridgehead atoms. The fraction of sp³-hybridized carbons (Fsp3) is 0. The number of aromatic nitrogens is 4. The van der Waals surface area contributed by atoms with E-state index < -0.39 is 0 Å². The van der Waals surface area contributed by atoms with Gasteiger partial charge in [-0.25, -0.2) is 15.0 Å². The predicted molar refractivity (Wildman–Crippen MR) is 211 cm³/mol. The third kappa shape index (κ3) is 5.13. The largest absolute Gasteiger partial charge is 0.309 e. The van der Waals surface area contributed by atoms with E-state index >= 15 is 0 Å². The Labute approximate surface area is 295 Å². The van der Waals surface area contributed by atoms with E-state index in [0.29, 0.717) is 17.5 Å². The van der Waals surface area contributed by atoms with Crippen LogP contribution in [0.3, 0.4) is 0 Å². The molecule has 0 radical (unpaired) electrons. The van der Waals surface area contributed by atoms with Gasteiger partial charge < -0.3 is 4.57 Å². The SMILES string of the molecule is c1cc(-c2ccc(-c3nc(-c4ccc5ccccc5c4)nc(-c4ccc5ccccc5c4)n3)cc2)cc(-n2c3ccccc3c3ccccc32)c1. The van der Waals surface area contributed by atoms with E-state index in [-0.39, 0.29) is 0 Å². The fourth-order valence-electron chi connectivity index (χ4n) is 7.26. The summed E-state index contributed by atoms with van der Waals surface area (Å²) in [5, 5.41) is 7.18. The molecule has 51 heavy (non-hydrogen) atoms. The minimum absolute atomic E-state index is 0.641. The van der Waals surface area contributed by atoms with Crippen molar-refractivity contribution >= 4 is 43.4 Å². The minimum atomic E-state index is 0.641. The quantitative estimate of drug-likeness (QED) is 0.186. The first kappa shape index (κ1) is 29.0. The van der Waals surface area contributed by atoms with Crippen LogP contribution in [0.2, 0.25) is 0 Å². The number of hydrogen-bond donors (Lipinski definition) is 0. The van der Waals surface area contributed by atoms with Crippen molar-refractivity contribution in [1.82, 2.24) is 19.5 Å². The lowest BCUT2D eigenvalue weighted by Crippen LogP contribution is -2.00. The van der Waals surface area contributed by atoms with Gasteiger partial charge in [-0.3, -0.25) is 0 Å². The topological polar surface area (TPSA) is 43.6 Å². The van der Waals surface area contributed by atoms with Crippen molar-refractivity contribution in [3.05, 3.63) is 182 Å². The molecule has 10 rings (SSSR count). The molecule has 8 aromatic carbocycles. The first-order valence-electron chi connectivity index (χ1n) is 17.2. The monoisotopic (exact) mass is 650 g/mol. The number of fused-ring (bicyclic) bond motifs is 5. The maximum absolute atomic E-state index is 5.05. The van der Waals surface area contributed by atoms with Gasteiger partial charge in [0.05, 0.1) is 11.0 Å². The molecule has 2 heterocycles. The van der Waals surface area contributed by atoms with Crippen LogP contribution in [-0.4, -0.2) is 19.5 Å². The molecule has 0 amide bonds. The number of benzene rings is 8. The molecule has 238 valence electrons. The molecule has 0 atom stereocenters. The van der Waals surface area contributed by atoms with Gasteiger partial charge in [0.1, 0.15) is 0 Å². The summed E-state index contributed by atoms with van der Waals surface area (Å²) in [6.07, 6.45) is 0. The van der Waals surface area contributed by atoms with E-state index in [4.69, 9.17) is 15.0 Å². The van der Waals surface area contributed by atoms with Gasteiger partial charge in [-0.15, -0.1) is 0 Å². The Morgan fingerprint density at radius 1 is 0.294 bits per heavy atom. The zero-order valence-electron chi connectivity index (χ0n) is 27.6. The van der Waals surface area contributed by atoms with Crippen LogP contribution in [0.5, 0.6) is 0 Å². The zero-order valence-corrected chi connectivity index (χ0v) is 27.6. The van der Waals surface area contributed by atoms with Crippen LogP contribution in [-0.2, 0) is 0 Å². The van der Waals surface area contributed by atoms with Crippen molar-refractivity contribution < 1.29 is 0 Å². The lowest BCUT2D eigenvalue weighted by molar-refractivity contribution is 1.08. The first-order chi connectivity index (χ1) is 25.2. The van der Waals surface area contributed by atoms with Gasteiger partial charge in [-0.05, 0) is 69.1 Å². The van der Waals surface area contributed by atoms with E-state index in [2.05, 4.69) is 187 Å². The van der Waals surface area contributed by atoms with Gasteiger partial charge in [0.15, 0.2) is 17.5 Å². The van der Waals surface area contributed by atoms with Gasteiger partial charge in [0, 0.05) is 33.2 Å². The lowest BCUT2D eigenvalue weighted by atomic mass is 10.0. The number of nitrogens with zero attached hydrogens (tertiary/aromatic N) is 4. The second-order valence-electron chi connectivity index (χ2n) is 12.9. The Bertz CT molecular complexity index is 2770. The lowest BCUT2D eigenvalue weighted by Gasteiger charge is -2.11. The molecule has 0 aliphatic heterocycles. The molecule has 4 nitrogen and oxygen atoms in total. The molecule has 4 heteroatoms. The van der Waals surface area contributed by atoms with Crippen molar-refractivity contribution in [1.29, 1.82) is 0 Å². The molecule has 0 saturated carbocycles. The summed E-state index contributed by atoms with van der Waals surface area (Å²) in [4.78, 5) is 15.1. The molecule has 0 fully saturated rings. The van der Waals surface area contributed by atoms with Crippen LogP contribution < -0.4 is 0 Å². The van der Waals surface area contributed by atoms with Crippen molar-refractivity contribution in [3.63, 3.8) is 0 Å². The normalized spacial score (nSPS) is 11.5. The van der Waals surface area contributed by atoms with E-state index in [1.807, 2.05) is 0 Å². The second kappa shape index (κ2) is 11.9. The van der Waals surface area contributed by atoms with Crippen molar-refractivity contribution in [2.75, 3.05) is 0 Å². The minimum Gasteiger partial charge on any atom is -0.309 e. The standard InChI is InChI=1S/C47H30N4/c1-3-12-35-28-38(26-22-31(35)10-1)46-48-45(49-47(50-46)39-27-23-32-11-2-4-13-36(32)29-39)34-24-20-33(21-25-34)37-14-9-15-40(30-37)51-43-18-7-5-16-41(43)42-17-6-8-19-44(42)51/h1-30H. The van der Waals surface area contributed by atoms with Crippen molar-refractivity contribution in [2.45, 2.75) is 0 Å². The van der Waals surface area contributed by atoms with Crippen LogP contribution in [0.4, 0.5) is 0 Å². The number of para-hydroxylation sites is 2. The third-order valence-corrected chi connectivity index (χ3v) is 9.81. The highest BCUT2D eigenvalue weighted by Gasteiger charge is 2.15. The summed E-state index contributed by atoms with van der Waals surface area (Å²) < 4.78 is 2.36. The fourth-order valence-corrected chi connectivity index (χ4v) is 7.26. The van der Waals surface area contributed by atoms with Crippen LogP contribution in [0.15, 0.2) is 182 Å². The Balaban J connectivity index is 1.06. The Hall–Kier alpha value is -6.91. The summed E-state index contributed by atoms with van der Waals surface area (Å²) >= 11 is 0. The molecular formula is C47H30N4. The molecule has 0 unspecified atom stereocenters. The van der Waals surface area contributed by atoms with E-state index in [1.165, 1.54) is 32.6 Å². The summed E-state index contributed by atoms with van der Waals surface area (Å²) in [6, 6.07) is 64.1. The van der Waals surface area contributed by atoms with Crippen LogP contribution >= 0.6 is 0 Å².